The highest BCUT2D eigenvalue weighted by molar-refractivity contribution is 8.17. The highest BCUT2D eigenvalue weighted by atomic mass is 32.2. The number of anilines is 2. The molecule has 0 amide bonds. The highest BCUT2D eigenvalue weighted by Gasteiger charge is 2.44. The third kappa shape index (κ3) is 4.77. The summed E-state index contributed by atoms with van der Waals surface area (Å²) in [7, 11) is 8.15. The third-order valence-electron chi connectivity index (χ3n) is 5.70. The fraction of sp³-hybridized carbons (Fsp3) is 0.500. The largest absolute Gasteiger partial charge is 0.378 e. The van der Waals surface area contributed by atoms with E-state index in [2.05, 4.69) is 84.0 Å². The smallest absolute Gasteiger partial charge is 0.136 e. The van der Waals surface area contributed by atoms with Crippen LogP contribution in [0.5, 0.6) is 0 Å². The summed E-state index contributed by atoms with van der Waals surface area (Å²) in [4.78, 5) is 6.63. The van der Waals surface area contributed by atoms with Gasteiger partial charge in [-0.25, -0.2) is 0 Å². The molecule has 2 aromatic carbocycles. The molecular formula is C24H35N3OS2. The minimum Gasteiger partial charge on any atom is -0.378 e. The average Bonchev–Trinajstić information content (AvgIpc) is 2.72. The molecule has 0 spiro atoms. The van der Waals surface area contributed by atoms with Crippen LogP contribution >= 0.6 is 23.5 Å². The Bertz CT molecular complexity index is 770. The maximum absolute atomic E-state index is 12.2. The molecule has 164 valence electrons. The van der Waals surface area contributed by atoms with Crippen LogP contribution in [0.1, 0.15) is 31.9 Å². The zero-order chi connectivity index (χ0) is 22.1. The Morgan fingerprint density at radius 2 is 1.13 bits per heavy atom. The van der Waals surface area contributed by atoms with E-state index in [1.807, 2.05) is 51.7 Å². The first-order valence-electron chi connectivity index (χ1n) is 10.3. The van der Waals surface area contributed by atoms with Crippen LogP contribution in [0.2, 0.25) is 0 Å². The van der Waals surface area contributed by atoms with Gasteiger partial charge in [0.2, 0.25) is 0 Å². The molecular weight excluding hydrogens is 410 g/mol. The molecule has 2 aromatic rings. The Balaban J connectivity index is 1.98. The average molecular weight is 446 g/mol. The van der Waals surface area contributed by atoms with Gasteiger partial charge < -0.3 is 14.9 Å². The number of rotatable bonds is 5. The van der Waals surface area contributed by atoms with Crippen molar-refractivity contribution in [3.63, 3.8) is 0 Å². The van der Waals surface area contributed by atoms with Crippen molar-refractivity contribution in [2.24, 2.45) is 0 Å². The molecule has 0 bridgehead atoms. The lowest BCUT2D eigenvalue weighted by atomic mass is 9.87. The maximum atomic E-state index is 12.2. The molecule has 30 heavy (non-hydrogen) atoms. The summed E-state index contributed by atoms with van der Waals surface area (Å²) < 4.78 is 0.0199. The predicted octanol–water partition coefficient (Wildman–Crippen LogP) is 4.88. The van der Waals surface area contributed by atoms with Crippen molar-refractivity contribution in [3.8, 4) is 0 Å². The van der Waals surface area contributed by atoms with E-state index in [0.29, 0.717) is 0 Å². The molecule has 1 N–H and O–H groups in total. The van der Waals surface area contributed by atoms with Crippen LogP contribution in [-0.2, 0) is 5.60 Å². The monoisotopic (exact) mass is 445 g/mol. The summed E-state index contributed by atoms with van der Waals surface area (Å²) in [5, 5.41) is 12.2. The minimum atomic E-state index is -1.06. The lowest BCUT2D eigenvalue weighted by molar-refractivity contribution is 0.0967. The van der Waals surface area contributed by atoms with Gasteiger partial charge in [0.15, 0.2) is 0 Å². The molecule has 4 nitrogen and oxygen atoms in total. The zero-order valence-corrected chi connectivity index (χ0v) is 20.8. The fourth-order valence-corrected chi connectivity index (χ4v) is 6.98. The maximum Gasteiger partial charge on any atom is 0.136 e. The van der Waals surface area contributed by atoms with Crippen LogP contribution in [0.4, 0.5) is 11.4 Å². The molecule has 0 atom stereocenters. The van der Waals surface area contributed by atoms with Crippen molar-refractivity contribution in [2.45, 2.75) is 36.5 Å². The van der Waals surface area contributed by atoms with Gasteiger partial charge in [-0.15, -0.1) is 23.5 Å². The Morgan fingerprint density at radius 3 is 1.43 bits per heavy atom. The Morgan fingerprint density at radius 1 is 0.767 bits per heavy atom. The van der Waals surface area contributed by atoms with Gasteiger partial charge in [-0.3, -0.25) is 4.90 Å². The molecule has 0 radical (unpaired) electrons. The zero-order valence-electron chi connectivity index (χ0n) is 19.2. The van der Waals surface area contributed by atoms with E-state index in [1.54, 1.807) is 0 Å². The molecule has 1 aliphatic rings. The van der Waals surface area contributed by atoms with E-state index in [4.69, 9.17) is 0 Å². The predicted molar refractivity (Wildman–Crippen MR) is 135 cm³/mol. The van der Waals surface area contributed by atoms with Crippen molar-refractivity contribution < 1.29 is 5.11 Å². The van der Waals surface area contributed by atoms with Crippen molar-refractivity contribution in [1.29, 1.82) is 0 Å². The second-order valence-corrected chi connectivity index (χ2v) is 11.7. The van der Waals surface area contributed by atoms with Gasteiger partial charge in [0, 0.05) is 56.9 Å². The summed E-state index contributed by atoms with van der Waals surface area (Å²) >= 11 is 3.67. The molecule has 0 unspecified atom stereocenters. The molecule has 1 heterocycles. The van der Waals surface area contributed by atoms with Crippen LogP contribution in [0.3, 0.4) is 0 Å². The number of hydrogen-bond donors (Lipinski definition) is 1. The second kappa shape index (κ2) is 9.03. The lowest BCUT2D eigenvalue weighted by Crippen LogP contribution is -2.47. The Hall–Kier alpha value is -1.34. The first-order valence-corrected chi connectivity index (χ1v) is 12.4. The quantitative estimate of drug-likeness (QED) is 0.706. The van der Waals surface area contributed by atoms with Crippen LogP contribution in [0.25, 0.3) is 0 Å². The van der Waals surface area contributed by atoms with Gasteiger partial charge in [-0.05, 0) is 56.2 Å². The van der Waals surface area contributed by atoms with Gasteiger partial charge in [0.25, 0.3) is 0 Å². The van der Waals surface area contributed by atoms with Gasteiger partial charge in [-0.1, -0.05) is 24.3 Å². The first-order chi connectivity index (χ1) is 14.0. The van der Waals surface area contributed by atoms with Crippen LogP contribution in [-0.4, -0.2) is 60.1 Å². The van der Waals surface area contributed by atoms with Gasteiger partial charge >= 0.3 is 0 Å². The van der Waals surface area contributed by atoms with Crippen molar-refractivity contribution >= 4 is 34.9 Å². The van der Waals surface area contributed by atoms with E-state index >= 15 is 0 Å². The van der Waals surface area contributed by atoms with Crippen molar-refractivity contribution in [1.82, 2.24) is 4.90 Å². The first kappa shape index (κ1) is 23.3. The van der Waals surface area contributed by atoms with E-state index in [1.165, 1.54) is 0 Å². The summed E-state index contributed by atoms with van der Waals surface area (Å²) in [6, 6.07) is 16.7. The van der Waals surface area contributed by atoms with Gasteiger partial charge in [0.1, 0.15) is 5.60 Å². The Labute approximate surface area is 190 Å². The second-order valence-electron chi connectivity index (χ2n) is 9.28. The lowest BCUT2D eigenvalue weighted by Gasteiger charge is -2.45. The summed E-state index contributed by atoms with van der Waals surface area (Å²) in [6.45, 7) is 6.75. The van der Waals surface area contributed by atoms with E-state index in [-0.39, 0.29) is 10.1 Å². The van der Waals surface area contributed by atoms with E-state index in [9.17, 15) is 5.11 Å². The van der Waals surface area contributed by atoms with Crippen LogP contribution in [0.15, 0.2) is 48.5 Å². The fourth-order valence-electron chi connectivity index (χ4n) is 3.50. The van der Waals surface area contributed by atoms with Crippen molar-refractivity contribution in [3.05, 3.63) is 59.7 Å². The normalized spacial score (nSPS) is 16.5. The standard InChI is InChI=1S/C24H35N3OS2/c1-23(2,3)27-16-29-22(30-17-27)24(28,18-8-12-20(13-9-18)25(4)5)19-10-14-21(15-11-19)26(6)7/h8-15,22,28H,16-17H2,1-7H3. The molecule has 0 saturated carbocycles. The molecule has 1 fully saturated rings. The molecule has 0 aliphatic carbocycles. The topological polar surface area (TPSA) is 30.0 Å². The molecule has 0 aromatic heterocycles. The van der Waals surface area contributed by atoms with Gasteiger partial charge in [-0.2, -0.15) is 0 Å². The SMILES string of the molecule is CN(C)c1ccc(C(O)(c2ccc(N(C)C)cc2)C2SCN(C(C)(C)C)CS2)cc1. The summed E-state index contributed by atoms with van der Waals surface area (Å²) in [5.41, 5.74) is 3.22. The minimum absolute atomic E-state index is 0.0199. The molecule has 1 saturated heterocycles. The van der Waals surface area contributed by atoms with E-state index in [0.717, 1.165) is 34.3 Å². The van der Waals surface area contributed by atoms with Crippen LogP contribution in [0, 0.1) is 0 Å². The molecule has 6 heteroatoms. The number of benzene rings is 2. The Kier molecular flexibility index (Phi) is 7.02. The number of thioether (sulfide) groups is 2. The summed E-state index contributed by atoms with van der Waals surface area (Å²) in [6.07, 6.45) is 0. The molecule has 1 aliphatic heterocycles. The van der Waals surface area contributed by atoms with E-state index < -0.39 is 5.60 Å². The van der Waals surface area contributed by atoms with Crippen molar-refractivity contribution in [2.75, 3.05) is 49.7 Å². The highest BCUT2D eigenvalue weighted by Crippen LogP contribution is 2.48. The molecule has 3 rings (SSSR count). The summed E-state index contributed by atoms with van der Waals surface area (Å²) in [5.74, 6) is 1.82. The van der Waals surface area contributed by atoms with Gasteiger partial charge in [0.05, 0.1) is 4.58 Å². The number of hydrogen-bond acceptors (Lipinski definition) is 6. The number of nitrogens with zero attached hydrogens (tertiary/aromatic N) is 3. The van der Waals surface area contributed by atoms with Crippen LogP contribution < -0.4 is 9.80 Å². The third-order valence-corrected chi connectivity index (χ3v) is 8.73. The number of aliphatic hydroxyl groups is 1.